The molecule has 130 valence electrons. The normalized spacial score (nSPS) is 30.7. The topological polar surface area (TPSA) is 0 Å². The van der Waals surface area contributed by atoms with E-state index in [2.05, 4.69) is 72.1 Å². The lowest BCUT2D eigenvalue weighted by atomic mass is 9.67. The summed E-state index contributed by atoms with van der Waals surface area (Å²) < 4.78 is 0. The monoisotopic (exact) mass is 338 g/mol. The summed E-state index contributed by atoms with van der Waals surface area (Å²) in [5.74, 6) is 1.50. The highest BCUT2D eigenvalue weighted by atomic mass is 28.3. The molecule has 0 bridgehead atoms. The Morgan fingerprint density at radius 3 is 2.38 bits per heavy atom. The van der Waals surface area contributed by atoms with Gasteiger partial charge in [0.1, 0.15) is 0 Å². The Bertz CT molecular complexity index is 716. The zero-order valence-corrected chi connectivity index (χ0v) is 17.7. The van der Waals surface area contributed by atoms with Crippen molar-refractivity contribution in [2.45, 2.75) is 66.6 Å². The van der Waals surface area contributed by atoms with Gasteiger partial charge in [-0.15, -0.1) is 0 Å². The van der Waals surface area contributed by atoms with E-state index in [-0.39, 0.29) is 0 Å². The van der Waals surface area contributed by atoms with E-state index in [1.165, 1.54) is 47.1 Å². The van der Waals surface area contributed by atoms with Crippen molar-refractivity contribution in [3.63, 3.8) is 0 Å². The third-order valence-corrected chi connectivity index (χ3v) is 8.86. The van der Waals surface area contributed by atoms with Gasteiger partial charge in [-0.2, -0.15) is 0 Å². The van der Waals surface area contributed by atoms with E-state index in [9.17, 15) is 0 Å². The van der Waals surface area contributed by atoms with Gasteiger partial charge in [0.15, 0.2) is 0 Å². The van der Waals surface area contributed by atoms with Crippen LogP contribution < -0.4 is 0 Å². The summed E-state index contributed by atoms with van der Waals surface area (Å²) in [7, 11) is -1.39. The van der Waals surface area contributed by atoms with Crippen LogP contribution in [0.1, 0.15) is 49.8 Å². The third-order valence-electron chi connectivity index (χ3n) is 6.62. The van der Waals surface area contributed by atoms with Gasteiger partial charge in [0.2, 0.25) is 0 Å². The minimum atomic E-state index is -1.39. The number of benzene rings is 1. The number of allylic oxidation sites excluding steroid dienone is 3. The maximum atomic E-state index is 4.67. The number of rotatable bonds is 2. The lowest BCUT2D eigenvalue weighted by Crippen LogP contribution is -2.37. The maximum absolute atomic E-state index is 4.67. The molecular formula is C23H34Si. The zero-order chi connectivity index (χ0) is 17.9. The molecule has 0 saturated heterocycles. The van der Waals surface area contributed by atoms with Crippen LogP contribution in [0.4, 0.5) is 0 Å². The minimum Gasteiger partial charge on any atom is -0.0949 e. The fraction of sp³-hybridized carbons (Fsp3) is 0.565. The summed E-state index contributed by atoms with van der Waals surface area (Å²) in [6.45, 7) is 21.6. The number of fused-ring (bicyclic) bond motifs is 1. The summed E-state index contributed by atoms with van der Waals surface area (Å²) in [4.78, 5) is 0. The molecule has 0 heterocycles. The van der Waals surface area contributed by atoms with E-state index < -0.39 is 8.07 Å². The number of aryl methyl sites for hydroxylation is 2. The second-order valence-electron chi connectivity index (χ2n) is 9.86. The van der Waals surface area contributed by atoms with Crippen molar-refractivity contribution in [2.24, 2.45) is 17.3 Å². The molecule has 24 heavy (non-hydrogen) atoms. The van der Waals surface area contributed by atoms with E-state index in [1.54, 1.807) is 5.20 Å². The Morgan fingerprint density at radius 1 is 1.12 bits per heavy atom. The Hall–Kier alpha value is -1.08. The zero-order valence-electron chi connectivity index (χ0n) is 16.7. The van der Waals surface area contributed by atoms with Crippen molar-refractivity contribution in [3.05, 3.63) is 52.2 Å². The SMILES string of the molecule is C=C1C(c2ccc(C)c(C)c2)=C([Si](C)(C)C)C[C@@]2(C)C[C@@H](C)C[C@H]12. The summed E-state index contributed by atoms with van der Waals surface area (Å²) in [5.41, 5.74) is 7.62. The molecule has 1 saturated carbocycles. The molecule has 1 heteroatoms. The largest absolute Gasteiger partial charge is 0.0949 e. The average molecular weight is 339 g/mol. The summed E-state index contributed by atoms with van der Waals surface area (Å²) in [6, 6.07) is 7.03. The molecule has 0 radical (unpaired) electrons. The standard InChI is InChI=1S/C23H34Si/c1-15-11-20-18(4)22(19-10-9-16(2)17(3)12-19)21(24(6,7)8)14-23(20,5)13-15/h9-10,12,15,20H,4,11,13-14H2,1-3,5-8H3/t15-,20+,23+/m0/s1. The second kappa shape index (κ2) is 5.73. The Labute approximate surface area is 150 Å². The molecule has 0 unspecified atom stereocenters. The molecule has 3 atom stereocenters. The number of hydrogen-bond acceptors (Lipinski definition) is 0. The van der Waals surface area contributed by atoms with Crippen LogP contribution in [0.15, 0.2) is 35.5 Å². The molecular weight excluding hydrogens is 304 g/mol. The predicted octanol–water partition coefficient (Wildman–Crippen LogP) is 6.95. The number of hydrogen-bond donors (Lipinski definition) is 0. The van der Waals surface area contributed by atoms with Crippen LogP contribution >= 0.6 is 0 Å². The summed E-state index contributed by atoms with van der Waals surface area (Å²) >= 11 is 0. The van der Waals surface area contributed by atoms with Crippen molar-refractivity contribution in [3.8, 4) is 0 Å². The summed E-state index contributed by atoms with van der Waals surface area (Å²) in [6.07, 6.45) is 3.98. The lowest BCUT2D eigenvalue weighted by Gasteiger charge is -2.44. The fourth-order valence-electron chi connectivity index (χ4n) is 5.22. The van der Waals surface area contributed by atoms with Gasteiger partial charge >= 0.3 is 0 Å². The maximum Gasteiger partial charge on any atom is 0.0732 e. The van der Waals surface area contributed by atoms with Crippen molar-refractivity contribution in [1.29, 1.82) is 0 Å². The van der Waals surface area contributed by atoms with Crippen LogP contribution in [0.5, 0.6) is 0 Å². The van der Waals surface area contributed by atoms with E-state index in [0.717, 1.165) is 5.92 Å². The molecule has 1 fully saturated rings. The first-order valence-electron chi connectivity index (χ1n) is 9.53. The van der Waals surface area contributed by atoms with Gasteiger partial charge in [0, 0.05) is 0 Å². The Kier molecular flexibility index (Phi) is 4.23. The van der Waals surface area contributed by atoms with Crippen LogP contribution in [-0.2, 0) is 0 Å². The Morgan fingerprint density at radius 2 is 1.79 bits per heavy atom. The average Bonchev–Trinajstić information content (AvgIpc) is 2.76. The first-order chi connectivity index (χ1) is 11.0. The quantitative estimate of drug-likeness (QED) is 0.512. The molecule has 0 spiro atoms. The van der Waals surface area contributed by atoms with E-state index in [1.807, 2.05) is 0 Å². The van der Waals surface area contributed by atoms with Crippen LogP contribution in [-0.4, -0.2) is 8.07 Å². The molecule has 3 rings (SSSR count). The van der Waals surface area contributed by atoms with Gasteiger partial charge in [0.05, 0.1) is 8.07 Å². The van der Waals surface area contributed by atoms with Crippen molar-refractivity contribution < 1.29 is 0 Å². The smallest absolute Gasteiger partial charge is 0.0732 e. The van der Waals surface area contributed by atoms with Crippen LogP contribution in [0, 0.1) is 31.1 Å². The highest BCUT2D eigenvalue weighted by molar-refractivity contribution is 6.84. The first-order valence-corrected chi connectivity index (χ1v) is 13.0. The van der Waals surface area contributed by atoms with E-state index >= 15 is 0 Å². The molecule has 1 aromatic rings. The van der Waals surface area contributed by atoms with Gasteiger partial charge in [-0.25, -0.2) is 0 Å². The van der Waals surface area contributed by atoms with Crippen LogP contribution in [0.25, 0.3) is 5.57 Å². The van der Waals surface area contributed by atoms with Gasteiger partial charge in [-0.3, -0.25) is 0 Å². The molecule has 0 aliphatic heterocycles. The van der Waals surface area contributed by atoms with Gasteiger partial charge < -0.3 is 0 Å². The fourth-order valence-corrected chi connectivity index (χ4v) is 7.21. The van der Waals surface area contributed by atoms with Crippen LogP contribution in [0.3, 0.4) is 0 Å². The second-order valence-corrected chi connectivity index (χ2v) is 15.0. The van der Waals surface area contributed by atoms with E-state index in [0.29, 0.717) is 11.3 Å². The Balaban J connectivity index is 2.19. The molecule has 0 amide bonds. The molecule has 2 aliphatic carbocycles. The third kappa shape index (κ3) is 2.85. The predicted molar refractivity (Wildman–Crippen MR) is 110 cm³/mol. The minimum absolute atomic E-state index is 0.440. The highest BCUT2D eigenvalue weighted by Crippen LogP contribution is 2.60. The molecule has 2 aliphatic rings. The highest BCUT2D eigenvalue weighted by Gasteiger charge is 2.49. The molecule has 0 nitrogen and oxygen atoms in total. The lowest BCUT2D eigenvalue weighted by molar-refractivity contribution is 0.256. The van der Waals surface area contributed by atoms with Gasteiger partial charge in [-0.1, -0.05) is 63.5 Å². The van der Waals surface area contributed by atoms with E-state index in [4.69, 9.17) is 0 Å². The van der Waals surface area contributed by atoms with Gasteiger partial charge in [-0.05, 0) is 78.2 Å². The first kappa shape index (κ1) is 17.7. The molecule has 1 aromatic carbocycles. The van der Waals surface area contributed by atoms with Crippen molar-refractivity contribution in [1.82, 2.24) is 0 Å². The van der Waals surface area contributed by atoms with Crippen molar-refractivity contribution in [2.75, 3.05) is 0 Å². The molecule has 0 N–H and O–H groups in total. The van der Waals surface area contributed by atoms with Gasteiger partial charge in [0.25, 0.3) is 0 Å². The summed E-state index contributed by atoms with van der Waals surface area (Å²) in [5, 5.41) is 1.75. The van der Waals surface area contributed by atoms with Crippen molar-refractivity contribution >= 4 is 13.6 Å². The van der Waals surface area contributed by atoms with Crippen LogP contribution in [0.2, 0.25) is 19.6 Å². The molecule has 0 aromatic heterocycles.